The highest BCUT2D eigenvalue weighted by Gasteiger charge is 2.21. The summed E-state index contributed by atoms with van der Waals surface area (Å²) < 4.78 is 10.5. The Balaban J connectivity index is 1.87. The molecule has 1 fully saturated rings. The predicted octanol–water partition coefficient (Wildman–Crippen LogP) is 4.09. The molecule has 2 aromatic rings. The molecule has 96 valence electrons. The fourth-order valence-corrected chi connectivity index (χ4v) is 2.27. The average molecular weight is 254 g/mol. The minimum absolute atomic E-state index is 0.0963. The number of carbonyl (C=O) groups excluding carboxylic acids is 1. The third kappa shape index (κ3) is 2.60. The number of ketones is 1. The van der Waals surface area contributed by atoms with Crippen molar-refractivity contribution in [3.63, 3.8) is 0 Å². The van der Waals surface area contributed by atoms with Crippen molar-refractivity contribution in [2.24, 2.45) is 0 Å². The molecule has 0 amide bonds. The Hall–Kier alpha value is -2.29. The third-order valence-corrected chi connectivity index (χ3v) is 3.19. The van der Waals surface area contributed by atoms with Gasteiger partial charge in [0, 0.05) is 11.1 Å². The van der Waals surface area contributed by atoms with Gasteiger partial charge in [-0.05, 0) is 55.7 Å². The molecule has 0 saturated heterocycles. The van der Waals surface area contributed by atoms with Crippen LogP contribution in [0.5, 0.6) is 0 Å². The maximum absolute atomic E-state index is 12.4. The topological polar surface area (TPSA) is 43.4 Å². The molecule has 0 N–H and O–H groups in total. The van der Waals surface area contributed by atoms with Gasteiger partial charge in [-0.2, -0.15) is 0 Å². The predicted molar refractivity (Wildman–Crippen MR) is 72.2 cm³/mol. The molecular formula is C16H14O3. The maximum Gasteiger partial charge on any atom is 0.185 e. The molecule has 3 heteroatoms. The van der Waals surface area contributed by atoms with Gasteiger partial charge in [0.1, 0.15) is 11.5 Å². The molecule has 1 aliphatic carbocycles. The van der Waals surface area contributed by atoms with Gasteiger partial charge in [-0.3, -0.25) is 4.79 Å². The minimum atomic E-state index is 0.0963. The summed E-state index contributed by atoms with van der Waals surface area (Å²) in [5.41, 5.74) is 1.61. The summed E-state index contributed by atoms with van der Waals surface area (Å²) >= 11 is 0. The maximum atomic E-state index is 12.4. The number of hydrogen-bond acceptors (Lipinski definition) is 3. The lowest BCUT2D eigenvalue weighted by Gasteiger charge is -2.15. The van der Waals surface area contributed by atoms with Crippen LogP contribution in [0.1, 0.15) is 30.8 Å². The quantitative estimate of drug-likeness (QED) is 0.758. The molecule has 3 nitrogen and oxygen atoms in total. The highest BCUT2D eigenvalue weighted by atomic mass is 16.3. The second-order valence-corrected chi connectivity index (χ2v) is 4.55. The smallest absolute Gasteiger partial charge is 0.185 e. The van der Waals surface area contributed by atoms with Gasteiger partial charge in [-0.15, -0.1) is 0 Å². The van der Waals surface area contributed by atoms with Crippen LogP contribution >= 0.6 is 0 Å². The van der Waals surface area contributed by atoms with Gasteiger partial charge in [-0.1, -0.05) is 0 Å². The second-order valence-electron chi connectivity index (χ2n) is 4.55. The summed E-state index contributed by atoms with van der Waals surface area (Å²) in [5, 5.41) is 0. The Morgan fingerprint density at radius 2 is 1.42 bits per heavy atom. The Morgan fingerprint density at radius 1 is 0.895 bits per heavy atom. The molecule has 0 spiro atoms. The van der Waals surface area contributed by atoms with Crippen molar-refractivity contribution in [2.45, 2.75) is 19.3 Å². The van der Waals surface area contributed by atoms with E-state index >= 15 is 0 Å². The second kappa shape index (κ2) is 5.14. The van der Waals surface area contributed by atoms with Gasteiger partial charge in [-0.25, -0.2) is 0 Å². The van der Waals surface area contributed by atoms with Gasteiger partial charge in [0.15, 0.2) is 5.78 Å². The minimum Gasteiger partial charge on any atom is -0.465 e. The standard InChI is InChI=1S/C16H14O3/c17-16-12(10-14-6-2-8-18-14)4-1-5-13(16)11-15-7-3-9-19-15/h2-3,6-11H,1,4-5H2. The number of hydrogen-bond donors (Lipinski definition) is 0. The first-order chi connectivity index (χ1) is 9.33. The van der Waals surface area contributed by atoms with Crippen molar-refractivity contribution in [1.29, 1.82) is 0 Å². The van der Waals surface area contributed by atoms with E-state index in [-0.39, 0.29) is 5.78 Å². The van der Waals surface area contributed by atoms with Crippen molar-refractivity contribution < 1.29 is 13.6 Å². The SMILES string of the molecule is O=C1C(=Cc2ccco2)CCCC1=Cc1ccco1. The molecule has 2 aromatic heterocycles. The Bertz CT molecular complexity index is 559. The van der Waals surface area contributed by atoms with Crippen LogP contribution < -0.4 is 0 Å². The normalized spacial score (nSPS) is 20.3. The van der Waals surface area contributed by atoms with Crippen molar-refractivity contribution in [3.05, 3.63) is 59.5 Å². The first kappa shape index (κ1) is 11.8. The lowest BCUT2D eigenvalue weighted by atomic mass is 9.88. The van der Waals surface area contributed by atoms with Crippen LogP contribution in [0, 0.1) is 0 Å². The molecular weight excluding hydrogens is 240 g/mol. The van der Waals surface area contributed by atoms with E-state index < -0.39 is 0 Å². The van der Waals surface area contributed by atoms with E-state index in [9.17, 15) is 4.79 Å². The van der Waals surface area contributed by atoms with Crippen molar-refractivity contribution >= 4 is 17.9 Å². The van der Waals surface area contributed by atoms with E-state index in [0.29, 0.717) is 0 Å². The molecule has 0 unspecified atom stereocenters. The van der Waals surface area contributed by atoms with Gasteiger partial charge in [0.05, 0.1) is 12.5 Å². The third-order valence-electron chi connectivity index (χ3n) is 3.19. The molecule has 0 bridgehead atoms. The first-order valence-corrected chi connectivity index (χ1v) is 6.36. The van der Waals surface area contributed by atoms with Crippen molar-refractivity contribution in [3.8, 4) is 0 Å². The molecule has 0 aromatic carbocycles. The van der Waals surface area contributed by atoms with E-state index in [2.05, 4.69) is 0 Å². The molecule has 0 atom stereocenters. The number of rotatable bonds is 2. The Labute approximate surface area is 111 Å². The molecule has 1 aliphatic rings. The zero-order chi connectivity index (χ0) is 13.1. The summed E-state index contributed by atoms with van der Waals surface area (Å²) in [6, 6.07) is 7.34. The zero-order valence-electron chi connectivity index (χ0n) is 10.5. The largest absolute Gasteiger partial charge is 0.465 e. The number of furan rings is 2. The fourth-order valence-electron chi connectivity index (χ4n) is 2.27. The molecule has 2 heterocycles. The lowest BCUT2D eigenvalue weighted by Crippen LogP contribution is -2.12. The van der Waals surface area contributed by atoms with E-state index in [1.807, 2.05) is 36.4 Å². The first-order valence-electron chi connectivity index (χ1n) is 6.36. The molecule has 1 saturated carbocycles. The average Bonchev–Trinajstić information content (AvgIpc) is 3.07. The van der Waals surface area contributed by atoms with Crippen LogP contribution in [-0.4, -0.2) is 5.78 Å². The summed E-state index contributed by atoms with van der Waals surface area (Å²) in [7, 11) is 0. The van der Waals surface area contributed by atoms with Gasteiger partial charge in [0.2, 0.25) is 0 Å². The summed E-state index contributed by atoms with van der Waals surface area (Å²) in [6.07, 6.45) is 9.46. The van der Waals surface area contributed by atoms with Crippen LogP contribution in [-0.2, 0) is 4.79 Å². The molecule has 19 heavy (non-hydrogen) atoms. The van der Waals surface area contributed by atoms with Crippen LogP contribution in [0.3, 0.4) is 0 Å². The number of Topliss-reactive ketones (excluding diaryl/α,β-unsaturated/α-hetero) is 1. The van der Waals surface area contributed by atoms with Gasteiger partial charge >= 0.3 is 0 Å². The van der Waals surface area contributed by atoms with Crippen molar-refractivity contribution in [2.75, 3.05) is 0 Å². The van der Waals surface area contributed by atoms with Gasteiger partial charge < -0.3 is 8.83 Å². The Morgan fingerprint density at radius 3 is 1.84 bits per heavy atom. The lowest BCUT2D eigenvalue weighted by molar-refractivity contribution is -0.112. The highest BCUT2D eigenvalue weighted by Crippen LogP contribution is 2.28. The van der Waals surface area contributed by atoms with Crippen LogP contribution in [0.2, 0.25) is 0 Å². The zero-order valence-corrected chi connectivity index (χ0v) is 10.5. The fraction of sp³-hybridized carbons (Fsp3) is 0.188. The number of allylic oxidation sites excluding steroid dienone is 2. The van der Waals surface area contributed by atoms with E-state index in [1.54, 1.807) is 12.5 Å². The van der Waals surface area contributed by atoms with Crippen molar-refractivity contribution in [1.82, 2.24) is 0 Å². The van der Waals surface area contributed by atoms with Gasteiger partial charge in [0.25, 0.3) is 0 Å². The van der Waals surface area contributed by atoms with Crippen LogP contribution in [0.4, 0.5) is 0 Å². The van der Waals surface area contributed by atoms with E-state index in [1.165, 1.54) is 0 Å². The number of carbonyl (C=O) groups is 1. The van der Waals surface area contributed by atoms with E-state index in [0.717, 1.165) is 41.9 Å². The molecule has 0 aliphatic heterocycles. The van der Waals surface area contributed by atoms with Crippen LogP contribution in [0.25, 0.3) is 12.2 Å². The van der Waals surface area contributed by atoms with E-state index in [4.69, 9.17) is 8.83 Å². The Kier molecular flexibility index (Phi) is 3.19. The monoisotopic (exact) mass is 254 g/mol. The molecule has 0 radical (unpaired) electrons. The summed E-state index contributed by atoms with van der Waals surface area (Å²) in [6.45, 7) is 0. The summed E-state index contributed by atoms with van der Waals surface area (Å²) in [4.78, 5) is 12.4. The highest BCUT2D eigenvalue weighted by molar-refractivity contribution is 6.13. The molecule has 3 rings (SSSR count). The summed E-state index contributed by atoms with van der Waals surface area (Å²) in [5.74, 6) is 1.55. The van der Waals surface area contributed by atoms with Crippen LogP contribution in [0.15, 0.2) is 56.8 Å².